The number of carbonyl (C=O) groups excluding carboxylic acids is 3. The third-order valence-corrected chi connectivity index (χ3v) is 5.03. The van der Waals surface area contributed by atoms with E-state index in [9.17, 15) is 19.5 Å². The molecule has 158 valence electrons. The summed E-state index contributed by atoms with van der Waals surface area (Å²) in [5.41, 5.74) is 2.90. The van der Waals surface area contributed by atoms with E-state index in [1.165, 1.54) is 7.05 Å². The van der Waals surface area contributed by atoms with E-state index in [-0.39, 0.29) is 18.0 Å². The summed E-state index contributed by atoms with van der Waals surface area (Å²) in [5, 5.41) is 16.9. The van der Waals surface area contributed by atoms with Gasteiger partial charge in [0.1, 0.15) is 17.2 Å². The first-order valence-corrected chi connectivity index (χ1v) is 9.24. The summed E-state index contributed by atoms with van der Waals surface area (Å²) in [4.78, 5) is 34.3. The fourth-order valence-corrected chi connectivity index (χ4v) is 3.64. The minimum absolute atomic E-state index is 0.132. The van der Waals surface area contributed by atoms with E-state index in [2.05, 4.69) is 10.6 Å². The van der Waals surface area contributed by atoms with Crippen LogP contribution in [0.3, 0.4) is 0 Å². The number of rotatable bonds is 8. The summed E-state index contributed by atoms with van der Waals surface area (Å²) in [6.07, 6.45) is 2.46. The first-order valence-electron chi connectivity index (χ1n) is 9.24. The van der Waals surface area contributed by atoms with Crippen molar-refractivity contribution in [2.45, 2.75) is 26.2 Å². The third-order valence-electron chi connectivity index (χ3n) is 5.03. The van der Waals surface area contributed by atoms with E-state index < -0.39 is 17.6 Å². The lowest BCUT2D eigenvalue weighted by atomic mass is 9.82. The zero-order valence-electron chi connectivity index (χ0n) is 17.0. The molecule has 0 fully saturated rings. The van der Waals surface area contributed by atoms with Gasteiger partial charge in [-0.2, -0.15) is 0 Å². The summed E-state index contributed by atoms with van der Waals surface area (Å²) < 4.78 is 11.1. The number of amides is 3. The summed E-state index contributed by atoms with van der Waals surface area (Å²) in [7, 11) is 4.68. The molecule has 4 N–H and O–H groups in total. The SMILES string of the molecule is CN/C(C(=O)NCC1CCc2c(c(OC)cc(C)c2OC)C1)=C(/O)C(=O)NC=O. The number of fused-ring (bicyclic) bond motifs is 1. The highest BCUT2D eigenvalue weighted by Crippen LogP contribution is 2.40. The fourth-order valence-electron chi connectivity index (χ4n) is 3.64. The van der Waals surface area contributed by atoms with Crippen molar-refractivity contribution >= 4 is 18.2 Å². The maximum absolute atomic E-state index is 12.4. The van der Waals surface area contributed by atoms with Crippen LogP contribution in [0, 0.1) is 12.8 Å². The summed E-state index contributed by atoms with van der Waals surface area (Å²) >= 11 is 0. The van der Waals surface area contributed by atoms with E-state index >= 15 is 0 Å². The number of hydrogen-bond donors (Lipinski definition) is 4. The molecule has 0 radical (unpaired) electrons. The van der Waals surface area contributed by atoms with Crippen LogP contribution >= 0.6 is 0 Å². The van der Waals surface area contributed by atoms with Crippen molar-refractivity contribution in [3.8, 4) is 11.5 Å². The number of imide groups is 1. The van der Waals surface area contributed by atoms with Crippen molar-refractivity contribution in [3.05, 3.63) is 34.2 Å². The molecular weight excluding hydrogens is 378 g/mol. The number of benzene rings is 1. The lowest BCUT2D eigenvalue weighted by Crippen LogP contribution is -2.38. The van der Waals surface area contributed by atoms with Gasteiger partial charge in [0.15, 0.2) is 0 Å². The predicted octanol–water partition coefficient (Wildman–Crippen LogP) is 0.495. The number of methoxy groups -OCH3 is 2. The molecule has 9 nitrogen and oxygen atoms in total. The standard InChI is InChI=1S/C20H27N3O6/c1-11-7-15(28-3)14-8-12(5-6-13(14)18(11)29-4)9-22-19(26)16(21-2)17(25)20(27)23-10-24/h7,10,12,21,25H,5-6,8-9H2,1-4H3,(H,22,26)(H,23,24,27)/b17-16+. The average molecular weight is 405 g/mol. The highest BCUT2D eigenvalue weighted by atomic mass is 16.5. The Hall–Kier alpha value is -3.23. The molecule has 1 aliphatic rings. The molecule has 0 heterocycles. The Kier molecular flexibility index (Phi) is 7.46. The molecule has 0 saturated carbocycles. The van der Waals surface area contributed by atoms with E-state index in [1.807, 2.05) is 13.0 Å². The van der Waals surface area contributed by atoms with Gasteiger partial charge < -0.3 is 25.2 Å². The Bertz CT molecular complexity index is 834. The molecule has 1 aromatic carbocycles. The quantitative estimate of drug-likeness (QED) is 0.282. The maximum atomic E-state index is 12.4. The van der Waals surface area contributed by atoms with Gasteiger partial charge in [-0.05, 0) is 43.7 Å². The van der Waals surface area contributed by atoms with Crippen LogP contribution in [0.5, 0.6) is 11.5 Å². The topological polar surface area (TPSA) is 126 Å². The normalized spacial score (nSPS) is 16.1. The second kappa shape index (κ2) is 9.81. The van der Waals surface area contributed by atoms with Gasteiger partial charge in [0.2, 0.25) is 12.2 Å². The number of nitrogens with one attached hydrogen (secondary N) is 3. The van der Waals surface area contributed by atoms with Crippen LogP contribution in [-0.2, 0) is 27.2 Å². The van der Waals surface area contributed by atoms with Gasteiger partial charge in [0.25, 0.3) is 11.8 Å². The molecule has 0 aliphatic heterocycles. The van der Waals surface area contributed by atoms with E-state index in [0.717, 1.165) is 41.0 Å². The Morgan fingerprint density at radius 2 is 1.97 bits per heavy atom. The highest BCUT2D eigenvalue weighted by Gasteiger charge is 2.27. The molecule has 0 bridgehead atoms. The van der Waals surface area contributed by atoms with Crippen LogP contribution in [0.2, 0.25) is 0 Å². The zero-order chi connectivity index (χ0) is 21.6. The van der Waals surface area contributed by atoms with Crippen LogP contribution in [-0.4, -0.2) is 51.1 Å². The zero-order valence-corrected chi connectivity index (χ0v) is 17.0. The second-order valence-corrected chi connectivity index (χ2v) is 6.77. The highest BCUT2D eigenvalue weighted by molar-refractivity contribution is 6.05. The number of likely N-dealkylation sites (N-methyl/N-ethyl adjacent to an activating group) is 1. The van der Waals surface area contributed by atoms with Crippen molar-refractivity contribution in [1.29, 1.82) is 0 Å². The number of aliphatic hydroxyl groups excluding tert-OH is 1. The van der Waals surface area contributed by atoms with Gasteiger partial charge in [-0.15, -0.1) is 0 Å². The molecule has 0 spiro atoms. The van der Waals surface area contributed by atoms with Crippen molar-refractivity contribution in [2.24, 2.45) is 5.92 Å². The van der Waals surface area contributed by atoms with Crippen molar-refractivity contribution in [3.63, 3.8) is 0 Å². The molecule has 0 aromatic heterocycles. The minimum Gasteiger partial charge on any atom is -0.501 e. The van der Waals surface area contributed by atoms with E-state index in [0.29, 0.717) is 13.0 Å². The van der Waals surface area contributed by atoms with Gasteiger partial charge in [-0.3, -0.25) is 19.7 Å². The van der Waals surface area contributed by atoms with Crippen molar-refractivity contribution in [2.75, 3.05) is 27.8 Å². The Balaban J connectivity index is 2.12. The minimum atomic E-state index is -1.06. The first kappa shape index (κ1) is 22.1. The molecule has 1 aliphatic carbocycles. The van der Waals surface area contributed by atoms with Gasteiger partial charge in [0.05, 0.1) is 14.2 Å². The Labute approximate surface area is 169 Å². The lowest BCUT2D eigenvalue weighted by molar-refractivity contribution is -0.125. The number of carbonyl (C=O) groups is 3. The number of aliphatic hydroxyl groups is 1. The van der Waals surface area contributed by atoms with Crippen LogP contribution < -0.4 is 25.4 Å². The second-order valence-electron chi connectivity index (χ2n) is 6.77. The smallest absolute Gasteiger partial charge is 0.294 e. The summed E-state index contributed by atoms with van der Waals surface area (Å²) in [5.74, 6) is -0.725. The van der Waals surface area contributed by atoms with Gasteiger partial charge in [-0.25, -0.2) is 0 Å². The number of aryl methyl sites for hydroxylation is 1. The van der Waals surface area contributed by atoms with E-state index in [4.69, 9.17) is 9.47 Å². The summed E-state index contributed by atoms with van der Waals surface area (Å²) in [6, 6.07) is 1.95. The maximum Gasteiger partial charge on any atom is 0.294 e. The van der Waals surface area contributed by atoms with Crippen LogP contribution in [0.25, 0.3) is 0 Å². The summed E-state index contributed by atoms with van der Waals surface area (Å²) in [6.45, 7) is 2.33. The number of hydrogen-bond acceptors (Lipinski definition) is 7. The molecule has 1 unspecified atom stereocenters. The largest absolute Gasteiger partial charge is 0.501 e. The Morgan fingerprint density at radius 3 is 2.55 bits per heavy atom. The first-order chi connectivity index (χ1) is 13.9. The van der Waals surface area contributed by atoms with Crippen molar-refractivity contribution < 1.29 is 29.0 Å². The number of ether oxygens (including phenoxy) is 2. The fraction of sp³-hybridized carbons (Fsp3) is 0.450. The van der Waals surface area contributed by atoms with Crippen LogP contribution in [0.15, 0.2) is 17.5 Å². The predicted molar refractivity (Wildman–Crippen MR) is 106 cm³/mol. The molecule has 0 saturated heterocycles. The lowest BCUT2D eigenvalue weighted by Gasteiger charge is -2.28. The molecule has 3 amide bonds. The Morgan fingerprint density at radius 1 is 1.24 bits per heavy atom. The molecule has 1 aromatic rings. The van der Waals surface area contributed by atoms with E-state index in [1.54, 1.807) is 19.5 Å². The molecular formula is C20H27N3O6. The molecule has 2 rings (SSSR count). The van der Waals surface area contributed by atoms with Gasteiger partial charge >= 0.3 is 0 Å². The van der Waals surface area contributed by atoms with Crippen LogP contribution in [0.4, 0.5) is 0 Å². The van der Waals surface area contributed by atoms with Gasteiger partial charge in [-0.1, -0.05) is 0 Å². The van der Waals surface area contributed by atoms with Crippen LogP contribution in [0.1, 0.15) is 23.1 Å². The monoisotopic (exact) mass is 405 g/mol. The molecule has 29 heavy (non-hydrogen) atoms. The average Bonchev–Trinajstić information content (AvgIpc) is 2.72. The van der Waals surface area contributed by atoms with Crippen molar-refractivity contribution in [1.82, 2.24) is 16.0 Å². The molecule has 1 atom stereocenters. The molecule has 9 heteroatoms. The third kappa shape index (κ3) is 4.79. The van der Waals surface area contributed by atoms with Gasteiger partial charge in [0, 0.05) is 24.7 Å².